The molecule has 0 spiro atoms. The molecule has 0 aromatic heterocycles. The highest BCUT2D eigenvalue weighted by molar-refractivity contribution is 5.10. The Hall–Kier alpha value is -0.780. The van der Waals surface area contributed by atoms with Gasteiger partial charge in [-0.2, -0.15) is 35.1 Å². The van der Waals surface area contributed by atoms with Gasteiger partial charge < -0.3 is 0 Å². The van der Waals surface area contributed by atoms with Gasteiger partial charge in [0.15, 0.2) is 0 Å². The molecule has 0 aromatic carbocycles. The topological polar surface area (TPSA) is 18.5 Å². The van der Waals surface area contributed by atoms with Crippen LogP contribution in [0.5, 0.6) is 0 Å². The predicted molar refractivity (Wildman–Crippen MR) is 54.8 cm³/mol. The number of hydrogen-bond donors (Lipinski definition) is 0. The summed E-state index contributed by atoms with van der Waals surface area (Å²) in [4.78, 5) is 0. The van der Waals surface area contributed by atoms with Gasteiger partial charge in [0.05, 0.1) is 0 Å². The van der Waals surface area contributed by atoms with Crippen LogP contribution in [0.15, 0.2) is 0 Å². The molecule has 1 aliphatic rings. The predicted octanol–water partition coefficient (Wildman–Crippen LogP) is 4.89. The van der Waals surface area contributed by atoms with Crippen molar-refractivity contribution in [2.75, 3.05) is 0 Å². The SMILES string of the molecule is CC(C)(C)C1(C(C)(F)F)OC(F)(C(F)(F)F)C(F)(C(F)(F)F)O1. The lowest BCUT2D eigenvalue weighted by Gasteiger charge is -2.43. The molecule has 2 nitrogen and oxygen atoms in total. The molecule has 1 fully saturated rings. The highest BCUT2D eigenvalue weighted by Gasteiger charge is 2.92. The van der Waals surface area contributed by atoms with E-state index in [1.165, 1.54) is 0 Å². The van der Waals surface area contributed by atoms with E-state index < -0.39 is 41.2 Å². The molecule has 0 saturated carbocycles. The summed E-state index contributed by atoms with van der Waals surface area (Å²) >= 11 is 0. The molecule has 0 radical (unpaired) electrons. The molecular weight excluding hydrogens is 354 g/mol. The number of rotatable bonds is 1. The Kier molecular flexibility index (Phi) is 4.09. The first-order valence-electron chi connectivity index (χ1n) is 5.96. The summed E-state index contributed by atoms with van der Waals surface area (Å²) in [6, 6.07) is 0. The van der Waals surface area contributed by atoms with Crippen LogP contribution < -0.4 is 0 Å². The van der Waals surface area contributed by atoms with E-state index in [-0.39, 0.29) is 6.92 Å². The molecule has 0 amide bonds. The van der Waals surface area contributed by atoms with E-state index in [0.29, 0.717) is 20.8 Å². The van der Waals surface area contributed by atoms with Crippen LogP contribution in [0.2, 0.25) is 0 Å². The molecule has 1 rings (SSSR count). The standard InChI is InChI=1S/C11H12F10O2/c1-5(2,3)9(6(4,12)13)22-7(14,10(16,17)18)8(15,23-9)11(19,20)21/h1-4H3. The lowest BCUT2D eigenvalue weighted by Crippen LogP contribution is -2.62. The number of hydrogen-bond acceptors (Lipinski definition) is 2. The molecular formula is C11H12F10O2. The minimum absolute atomic E-state index is 0.169. The maximum atomic E-state index is 14.0. The molecule has 2 unspecified atom stereocenters. The zero-order valence-corrected chi connectivity index (χ0v) is 12.1. The highest BCUT2D eigenvalue weighted by atomic mass is 19.4. The van der Waals surface area contributed by atoms with Crippen LogP contribution in [0.4, 0.5) is 43.9 Å². The molecule has 138 valence electrons. The van der Waals surface area contributed by atoms with Gasteiger partial charge in [-0.1, -0.05) is 20.8 Å². The van der Waals surface area contributed by atoms with Crippen molar-refractivity contribution < 1.29 is 53.4 Å². The zero-order valence-electron chi connectivity index (χ0n) is 12.1. The van der Waals surface area contributed by atoms with Crippen molar-refractivity contribution in [1.29, 1.82) is 0 Å². The van der Waals surface area contributed by atoms with Crippen LogP contribution in [0.3, 0.4) is 0 Å². The fourth-order valence-corrected chi connectivity index (χ4v) is 2.17. The normalized spacial score (nSPS) is 37.3. The fraction of sp³-hybridized carbons (Fsp3) is 1.00. The van der Waals surface area contributed by atoms with Gasteiger partial charge in [0, 0.05) is 12.3 Å². The maximum absolute atomic E-state index is 14.0. The second-order valence-electron chi connectivity index (χ2n) is 6.15. The number of halogens is 10. The van der Waals surface area contributed by atoms with Crippen LogP contribution in [0.1, 0.15) is 27.7 Å². The fourth-order valence-electron chi connectivity index (χ4n) is 2.17. The third-order valence-corrected chi connectivity index (χ3v) is 3.28. The molecule has 12 heteroatoms. The Morgan fingerprint density at radius 2 is 0.870 bits per heavy atom. The molecule has 1 heterocycles. The van der Waals surface area contributed by atoms with Gasteiger partial charge in [0.2, 0.25) is 5.79 Å². The Morgan fingerprint density at radius 1 is 0.609 bits per heavy atom. The van der Waals surface area contributed by atoms with Gasteiger partial charge in [-0.15, -0.1) is 0 Å². The third-order valence-electron chi connectivity index (χ3n) is 3.28. The van der Waals surface area contributed by atoms with Crippen LogP contribution in [0, 0.1) is 5.41 Å². The minimum atomic E-state index is -6.64. The molecule has 23 heavy (non-hydrogen) atoms. The lowest BCUT2D eigenvalue weighted by atomic mass is 9.81. The summed E-state index contributed by atoms with van der Waals surface area (Å²) < 4.78 is 139. The average Bonchev–Trinajstić information content (AvgIpc) is 2.48. The van der Waals surface area contributed by atoms with E-state index in [1.54, 1.807) is 0 Å². The summed E-state index contributed by atoms with van der Waals surface area (Å²) in [6.07, 6.45) is -13.3. The van der Waals surface area contributed by atoms with Crippen molar-refractivity contribution in [3.8, 4) is 0 Å². The van der Waals surface area contributed by atoms with Crippen molar-refractivity contribution in [3.63, 3.8) is 0 Å². The van der Waals surface area contributed by atoms with E-state index in [0.717, 1.165) is 0 Å². The number of alkyl halides is 10. The van der Waals surface area contributed by atoms with Gasteiger partial charge in [-0.05, 0) is 0 Å². The minimum Gasteiger partial charge on any atom is -0.295 e. The molecule has 1 aliphatic heterocycles. The second kappa shape index (κ2) is 4.64. The Balaban J connectivity index is 3.76. The van der Waals surface area contributed by atoms with Crippen LogP contribution in [-0.4, -0.2) is 35.8 Å². The van der Waals surface area contributed by atoms with E-state index in [1.807, 2.05) is 0 Å². The smallest absolute Gasteiger partial charge is 0.295 e. The Labute approximate surface area is 123 Å². The number of ether oxygens (including phenoxy) is 2. The summed E-state index contributed by atoms with van der Waals surface area (Å²) in [6.45, 7) is 1.88. The van der Waals surface area contributed by atoms with E-state index in [9.17, 15) is 43.9 Å². The molecule has 0 bridgehead atoms. The van der Waals surface area contributed by atoms with Crippen molar-refractivity contribution in [3.05, 3.63) is 0 Å². The van der Waals surface area contributed by atoms with Crippen molar-refractivity contribution >= 4 is 0 Å². The summed E-state index contributed by atoms with van der Waals surface area (Å²) in [5.41, 5.74) is -2.37. The van der Waals surface area contributed by atoms with E-state index >= 15 is 0 Å². The summed E-state index contributed by atoms with van der Waals surface area (Å²) in [5, 5.41) is 0. The first kappa shape index (κ1) is 20.3. The van der Waals surface area contributed by atoms with Crippen LogP contribution >= 0.6 is 0 Å². The highest BCUT2D eigenvalue weighted by Crippen LogP contribution is 2.65. The monoisotopic (exact) mass is 366 g/mol. The molecule has 0 aromatic rings. The average molecular weight is 366 g/mol. The van der Waals surface area contributed by atoms with Crippen molar-refractivity contribution in [2.45, 2.75) is 63.5 Å². The van der Waals surface area contributed by atoms with Gasteiger partial charge in [0.25, 0.3) is 5.92 Å². The van der Waals surface area contributed by atoms with Gasteiger partial charge in [-0.3, -0.25) is 9.47 Å². The Bertz CT molecular complexity index is 427. The van der Waals surface area contributed by atoms with Crippen LogP contribution in [-0.2, 0) is 9.47 Å². The largest absolute Gasteiger partial charge is 0.455 e. The van der Waals surface area contributed by atoms with Crippen molar-refractivity contribution in [2.24, 2.45) is 5.41 Å². The first-order valence-corrected chi connectivity index (χ1v) is 5.96. The quantitative estimate of drug-likeness (QED) is 0.616. The van der Waals surface area contributed by atoms with Crippen molar-refractivity contribution in [1.82, 2.24) is 0 Å². The van der Waals surface area contributed by atoms with E-state index in [4.69, 9.17) is 0 Å². The molecule has 2 atom stereocenters. The van der Waals surface area contributed by atoms with E-state index in [2.05, 4.69) is 9.47 Å². The van der Waals surface area contributed by atoms with Crippen LogP contribution in [0.25, 0.3) is 0 Å². The maximum Gasteiger partial charge on any atom is 0.455 e. The molecule has 1 saturated heterocycles. The summed E-state index contributed by atoms with van der Waals surface area (Å²) in [7, 11) is 0. The first-order chi connectivity index (χ1) is 9.66. The Morgan fingerprint density at radius 3 is 1.00 bits per heavy atom. The lowest BCUT2D eigenvalue weighted by molar-refractivity contribution is -0.422. The van der Waals surface area contributed by atoms with Gasteiger partial charge >= 0.3 is 24.1 Å². The van der Waals surface area contributed by atoms with Gasteiger partial charge in [-0.25, -0.2) is 8.78 Å². The molecule has 0 aliphatic carbocycles. The second-order valence-corrected chi connectivity index (χ2v) is 6.15. The molecule has 0 N–H and O–H groups in total. The third kappa shape index (κ3) is 2.48. The van der Waals surface area contributed by atoms with Gasteiger partial charge in [0.1, 0.15) is 0 Å². The zero-order chi connectivity index (χ0) is 18.9. The summed E-state index contributed by atoms with van der Waals surface area (Å²) in [5.74, 6) is -21.1.